The van der Waals surface area contributed by atoms with Crippen LogP contribution in [0, 0.1) is 10.1 Å². The molecule has 0 amide bonds. The number of rotatable bonds is 1. The number of nitrogens with one attached hydrogen (secondary N) is 2. The van der Waals surface area contributed by atoms with Gasteiger partial charge in [-0.1, -0.05) is 23.2 Å². The molecule has 0 fully saturated rings. The van der Waals surface area contributed by atoms with Gasteiger partial charge in [-0.15, -0.1) is 0 Å². The van der Waals surface area contributed by atoms with Crippen LogP contribution in [-0.4, -0.2) is 14.9 Å². The van der Waals surface area contributed by atoms with Crippen LogP contribution in [0.25, 0.3) is 11.0 Å². The maximum atomic E-state index is 11.0. The molecule has 1 aromatic heterocycles. The molecule has 0 spiro atoms. The molecule has 0 radical (unpaired) electrons. The Kier molecular flexibility index (Phi) is 2.17. The van der Waals surface area contributed by atoms with Crippen molar-refractivity contribution in [3.8, 4) is 0 Å². The first kappa shape index (κ1) is 10.0. The van der Waals surface area contributed by atoms with Crippen LogP contribution in [0.5, 0.6) is 0 Å². The maximum absolute atomic E-state index is 11.0. The Morgan fingerprint density at radius 3 is 2.60 bits per heavy atom. The molecule has 0 unspecified atom stereocenters. The zero-order valence-corrected chi connectivity index (χ0v) is 8.52. The first-order valence-electron chi connectivity index (χ1n) is 3.75. The Labute approximate surface area is 92.0 Å². The van der Waals surface area contributed by atoms with Gasteiger partial charge in [0.05, 0.1) is 15.5 Å². The van der Waals surface area contributed by atoms with Gasteiger partial charge in [0.25, 0.3) is 0 Å². The molecule has 0 aliphatic heterocycles. The number of nitrogens with zero attached hydrogens (tertiary/aromatic N) is 1. The minimum absolute atomic E-state index is 0.0196. The van der Waals surface area contributed by atoms with Crippen LogP contribution in [0.1, 0.15) is 0 Å². The summed E-state index contributed by atoms with van der Waals surface area (Å²) in [5, 5.41) is 10.6. The first-order chi connectivity index (χ1) is 7.00. The van der Waals surface area contributed by atoms with E-state index in [9.17, 15) is 14.9 Å². The zero-order chi connectivity index (χ0) is 11.2. The van der Waals surface area contributed by atoms with Crippen molar-refractivity contribution in [1.29, 1.82) is 0 Å². The topological polar surface area (TPSA) is 91.8 Å². The van der Waals surface area contributed by atoms with Gasteiger partial charge in [0.15, 0.2) is 0 Å². The molecule has 0 saturated heterocycles. The standard InChI is InChI=1S/C7H3Cl2N3O3/c8-2-1-3-5(11-7(13)10-3)6(4(2)9)12(14)15/h1H,(H2,10,11,13). The highest BCUT2D eigenvalue weighted by Crippen LogP contribution is 2.36. The number of hydrogen-bond acceptors (Lipinski definition) is 3. The number of nitro groups is 1. The number of hydrogen-bond donors (Lipinski definition) is 2. The van der Waals surface area contributed by atoms with E-state index in [0.29, 0.717) is 0 Å². The van der Waals surface area contributed by atoms with Crippen LogP contribution in [0.2, 0.25) is 10.0 Å². The summed E-state index contributed by atoms with van der Waals surface area (Å²) in [7, 11) is 0. The Bertz CT molecular complexity index is 616. The van der Waals surface area contributed by atoms with Crippen molar-refractivity contribution in [2.45, 2.75) is 0 Å². The number of fused-ring (bicyclic) bond motifs is 1. The van der Waals surface area contributed by atoms with Crippen molar-refractivity contribution in [1.82, 2.24) is 9.97 Å². The monoisotopic (exact) mass is 247 g/mol. The molecular weight excluding hydrogens is 245 g/mol. The smallest absolute Gasteiger partial charge is 0.305 e. The van der Waals surface area contributed by atoms with E-state index in [-0.39, 0.29) is 21.1 Å². The number of H-pyrrole nitrogens is 2. The lowest BCUT2D eigenvalue weighted by molar-refractivity contribution is -0.383. The molecule has 6 nitrogen and oxygen atoms in total. The summed E-state index contributed by atoms with van der Waals surface area (Å²) in [4.78, 5) is 25.6. The van der Waals surface area contributed by atoms with E-state index in [2.05, 4.69) is 9.97 Å². The third kappa shape index (κ3) is 1.47. The van der Waals surface area contributed by atoms with Crippen molar-refractivity contribution in [2.75, 3.05) is 0 Å². The van der Waals surface area contributed by atoms with Gasteiger partial charge in [0.1, 0.15) is 10.5 Å². The van der Waals surface area contributed by atoms with Gasteiger partial charge in [-0.2, -0.15) is 0 Å². The van der Waals surface area contributed by atoms with E-state index >= 15 is 0 Å². The second-order valence-corrected chi connectivity index (χ2v) is 3.56. The SMILES string of the molecule is O=c1[nH]c2cc(Cl)c(Cl)c([N+](=O)[O-])c2[nH]1. The Morgan fingerprint density at radius 2 is 2.00 bits per heavy atom. The summed E-state index contributed by atoms with van der Waals surface area (Å²) in [5.74, 6) is 0. The second kappa shape index (κ2) is 3.25. The molecule has 0 bridgehead atoms. The Morgan fingerprint density at radius 1 is 1.33 bits per heavy atom. The summed E-state index contributed by atoms with van der Waals surface area (Å²) in [6.07, 6.45) is 0. The lowest BCUT2D eigenvalue weighted by atomic mass is 10.2. The number of nitro benzene ring substituents is 1. The predicted molar refractivity (Wildman–Crippen MR) is 55.6 cm³/mol. The van der Waals surface area contributed by atoms with Gasteiger partial charge in [-0.25, -0.2) is 4.79 Å². The van der Waals surface area contributed by atoms with Crippen molar-refractivity contribution in [3.63, 3.8) is 0 Å². The quantitative estimate of drug-likeness (QED) is 0.597. The van der Waals surface area contributed by atoms with E-state index in [0.717, 1.165) is 0 Å². The van der Waals surface area contributed by atoms with Crippen molar-refractivity contribution in [2.24, 2.45) is 0 Å². The Hall–Kier alpha value is -1.53. The summed E-state index contributed by atoms with van der Waals surface area (Å²) >= 11 is 11.3. The number of imidazole rings is 1. The van der Waals surface area contributed by atoms with Crippen LogP contribution in [0.3, 0.4) is 0 Å². The maximum Gasteiger partial charge on any atom is 0.324 e. The van der Waals surface area contributed by atoms with E-state index in [4.69, 9.17) is 23.2 Å². The minimum Gasteiger partial charge on any atom is -0.305 e. The molecule has 78 valence electrons. The van der Waals surface area contributed by atoms with Gasteiger partial charge in [0, 0.05) is 0 Å². The van der Waals surface area contributed by atoms with Gasteiger partial charge < -0.3 is 4.98 Å². The van der Waals surface area contributed by atoms with E-state index in [1.807, 2.05) is 0 Å². The molecule has 0 atom stereocenters. The normalized spacial score (nSPS) is 10.8. The van der Waals surface area contributed by atoms with Crippen molar-refractivity contribution < 1.29 is 4.92 Å². The van der Waals surface area contributed by atoms with Crippen molar-refractivity contribution >= 4 is 39.9 Å². The van der Waals surface area contributed by atoms with E-state index < -0.39 is 16.3 Å². The molecule has 1 heterocycles. The molecule has 2 rings (SSSR count). The van der Waals surface area contributed by atoms with Crippen LogP contribution >= 0.6 is 23.2 Å². The highest BCUT2D eigenvalue weighted by atomic mass is 35.5. The summed E-state index contributed by atoms with van der Waals surface area (Å²) < 4.78 is 0. The zero-order valence-electron chi connectivity index (χ0n) is 7.01. The fraction of sp³-hybridized carbons (Fsp3) is 0. The summed E-state index contributed by atoms with van der Waals surface area (Å²) in [6.45, 7) is 0. The third-order valence-electron chi connectivity index (χ3n) is 1.86. The van der Waals surface area contributed by atoms with Crippen LogP contribution in [0.4, 0.5) is 5.69 Å². The number of aromatic nitrogens is 2. The highest BCUT2D eigenvalue weighted by molar-refractivity contribution is 6.44. The lowest BCUT2D eigenvalue weighted by Crippen LogP contribution is -1.99. The third-order valence-corrected chi connectivity index (χ3v) is 2.64. The van der Waals surface area contributed by atoms with Crippen LogP contribution < -0.4 is 5.69 Å². The molecule has 1 aromatic carbocycles. The molecule has 15 heavy (non-hydrogen) atoms. The average Bonchev–Trinajstić information content (AvgIpc) is 2.46. The van der Waals surface area contributed by atoms with Gasteiger partial charge in [-0.3, -0.25) is 15.1 Å². The van der Waals surface area contributed by atoms with E-state index in [1.165, 1.54) is 6.07 Å². The Balaban J connectivity index is 3.01. The molecule has 0 saturated carbocycles. The van der Waals surface area contributed by atoms with Crippen molar-refractivity contribution in [3.05, 3.63) is 36.7 Å². The molecule has 8 heteroatoms. The van der Waals surface area contributed by atoms with Gasteiger partial charge in [0.2, 0.25) is 0 Å². The first-order valence-corrected chi connectivity index (χ1v) is 4.50. The number of benzene rings is 1. The predicted octanol–water partition coefficient (Wildman–Crippen LogP) is 2.07. The van der Waals surface area contributed by atoms with Crippen LogP contribution in [0.15, 0.2) is 10.9 Å². The summed E-state index contributed by atoms with van der Waals surface area (Å²) in [5.41, 5.74) is -0.663. The minimum atomic E-state index is -0.694. The average molecular weight is 248 g/mol. The highest BCUT2D eigenvalue weighted by Gasteiger charge is 2.22. The molecule has 2 aromatic rings. The van der Waals surface area contributed by atoms with E-state index in [1.54, 1.807) is 0 Å². The largest absolute Gasteiger partial charge is 0.324 e. The lowest BCUT2D eigenvalue weighted by Gasteiger charge is -1.98. The molecule has 0 aliphatic rings. The summed E-state index contributed by atoms with van der Waals surface area (Å²) in [6, 6.07) is 1.35. The fourth-order valence-corrected chi connectivity index (χ4v) is 1.69. The second-order valence-electron chi connectivity index (χ2n) is 2.78. The number of halogens is 2. The van der Waals surface area contributed by atoms with Gasteiger partial charge >= 0.3 is 11.4 Å². The molecule has 2 N–H and O–H groups in total. The molecular formula is C7H3Cl2N3O3. The van der Waals surface area contributed by atoms with Crippen LogP contribution in [-0.2, 0) is 0 Å². The number of aromatic amines is 2. The van der Waals surface area contributed by atoms with Gasteiger partial charge in [-0.05, 0) is 6.07 Å². The molecule has 0 aliphatic carbocycles. The fourth-order valence-electron chi connectivity index (χ4n) is 1.28.